The summed E-state index contributed by atoms with van der Waals surface area (Å²) >= 11 is 0. The molecule has 1 aliphatic heterocycles. The van der Waals surface area contributed by atoms with Crippen molar-refractivity contribution >= 4 is 0 Å². The lowest BCUT2D eigenvalue weighted by molar-refractivity contribution is 0.264. The first-order valence-corrected chi connectivity index (χ1v) is 12.5. The van der Waals surface area contributed by atoms with E-state index < -0.39 is 5.41 Å². The van der Waals surface area contributed by atoms with Crippen molar-refractivity contribution < 1.29 is 9.47 Å². The SMILES string of the molecule is c1ccc(-c2cc(C3(c4ccccc4)c4ccccc4-c4ccccc43)ccc2OCC2CO2)cc1. The Morgan fingerprint density at radius 1 is 0.611 bits per heavy atom. The maximum Gasteiger partial charge on any atom is 0.127 e. The van der Waals surface area contributed by atoms with E-state index in [9.17, 15) is 0 Å². The van der Waals surface area contributed by atoms with Crippen LogP contribution in [0.15, 0.2) is 127 Å². The molecule has 1 fully saturated rings. The van der Waals surface area contributed by atoms with Crippen molar-refractivity contribution in [1.29, 1.82) is 0 Å². The summed E-state index contributed by atoms with van der Waals surface area (Å²) in [5.74, 6) is 0.892. The molecule has 1 atom stereocenters. The molecule has 0 saturated carbocycles. The molecule has 5 aromatic rings. The number of benzene rings is 5. The van der Waals surface area contributed by atoms with Gasteiger partial charge in [-0.15, -0.1) is 0 Å². The lowest BCUT2D eigenvalue weighted by Crippen LogP contribution is -2.28. The smallest absolute Gasteiger partial charge is 0.127 e. The molecular formula is C34H26O2. The lowest BCUT2D eigenvalue weighted by atomic mass is 9.67. The third kappa shape index (κ3) is 3.30. The van der Waals surface area contributed by atoms with Gasteiger partial charge in [0.1, 0.15) is 18.5 Å². The van der Waals surface area contributed by atoms with Crippen molar-refractivity contribution in [1.82, 2.24) is 0 Å². The summed E-state index contributed by atoms with van der Waals surface area (Å²) < 4.78 is 11.7. The molecule has 0 amide bonds. The second-order valence-electron chi connectivity index (χ2n) is 9.55. The Hall–Kier alpha value is -4.14. The Kier molecular flexibility index (Phi) is 5.00. The number of epoxide rings is 1. The van der Waals surface area contributed by atoms with Gasteiger partial charge in [-0.05, 0) is 51.1 Å². The van der Waals surface area contributed by atoms with Gasteiger partial charge in [-0.3, -0.25) is 0 Å². The van der Waals surface area contributed by atoms with Crippen molar-refractivity contribution in [3.05, 3.63) is 150 Å². The molecule has 0 radical (unpaired) electrons. The fraction of sp³-hybridized carbons (Fsp3) is 0.118. The van der Waals surface area contributed by atoms with Gasteiger partial charge in [0.05, 0.1) is 12.0 Å². The zero-order valence-corrected chi connectivity index (χ0v) is 19.9. The van der Waals surface area contributed by atoms with Crippen LogP contribution in [0.3, 0.4) is 0 Å². The molecule has 1 heterocycles. The molecule has 0 bridgehead atoms. The topological polar surface area (TPSA) is 21.8 Å². The number of ether oxygens (including phenoxy) is 2. The molecule has 36 heavy (non-hydrogen) atoms. The van der Waals surface area contributed by atoms with Crippen molar-refractivity contribution in [2.45, 2.75) is 11.5 Å². The highest BCUT2D eigenvalue weighted by Crippen LogP contribution is 2.56. The van der Waals surface area contributed by atoms with Gasteiger partial charge < -0.3 is 9.47 Å². The predicted molar refractivity (Wildman–Crippen MR) is 144 cm³/mol. The highest BCUT2D eigenvalue weighted by atomic mass is 16.6. The minimum absolute atomic E-state index is 0.206. The van der Waals surface area contributed by atoms with E-state index in [0.717, 1.165) is 23.5 Å². The van der Waals surface area contributed by atoms with Crippen molar-refractivity contribution in [3.63, 3.8) is 0 Å². The van der Waals surface area contributed by atoms with Crippen LogP contribution in [0.25, 0.3) is 22.3 Å². The lowest BCUT2D eigenvalue weighted by Gasteiger charge is -2.34. The van der Waals surface area contributed by atoms with E-state index in [2.05, 4.69) is 127 Å². The van der Waals surface area contributed by atoms with Crippen LogP contribution in [0.1, 0.15) is 22.3 Å². The predicted octanol–water partition coefficient (Wildman–Crippen LogP) is 7.49. The summed E-state index contributed by atoms with van der Waals surface area (Å²) in [4.78, 5) is 0. The van der Waals surface area contributed by atoms with Crippen LogP contribution in [0.4, 0.5) is 0 Å². The zero-order valence-electron chi connectivity index (χ0n) is 19.9. The fourth-order valence-electron chi connectivity index (χ4n) is 5.79. The monoisotopic (exact) mass is 466 g/mol. The summed E-state index contributed by atoms with van der Waals surface area (Å²) in [6.07, 6.45) is 0.206. The highest BCUT2D eigenvalue weighted by molar-refractivity contribution is 5.87. The summed E-state index contributed by atoms with van der Waals surface area (Å²) in [5, 5.41) is 0. The summed E-state index contributed by atoms with van der Waals surface area (Å²) in [5.41, 5.74) is 9.55. The first-order chi connectivity index (χ1) is 17.9. The summed E-state index contributed by atoms with van der Waals surface area (Å²) in [7, 11) is 0. The molecule has 2 aliphatic rings. The van der Waals surface area contributed by atoms with E-state index in [4.69, 9.17) is 9.47 Å². The molecule has 2 heteroatoms. The van der Waals surface area contributed by atoms with Gasteiger partial charge in [0, 0.05) is 5.56 Å². The third-order valence-corrected chi connectivity index (χ3v) is 7.48. The van der Waals surface area contributed by atoms with E-state index >= 15 is 0 Å². The zero-order chi connectivity index (χ0) is 24.0. The van der Waals surface area contributed by atoms with Gasteiger partial charge in [0.15, 0.2) is 0 Å². The first-order valence-electron chi connectivity index (χ1n) is 12.5. The normalized spacial score (nSPS) is 16.7. The molecule has 2 nitrogen and oxygen atoms in total. The minimum atomic E-state index is -0.421. The van der Waals surface area contributed by atoms with Gasteiger partial charge in [-0.2, -0.15) is 0 Å². The average molecular weight is 467 g/mol. The molecule has 0 N–H and O–H groups in total. The number of rotatable bonds is 6. The molecule has 174 valence electrons. The Bertz CT molecular complexity index is 1490. The van der Waals surface area contributed by atoms with Crippen molar-refractivity contribution in [3.8, 4) is 28.0 Å². The van der Waals surface area contributed by atoms with E-state index in [1.54, 1.807) is 0 Å². The van der Waals surface area contributed by atoms with E-state index in [0.29, 0.717) is 6.61 Å². The molecule has 0 spiro atoms. The number of hydrogen-bond acceptors (Lipinski definition) is 2. The molecule has 5 aromatic carbocycles. The van der Waals surface area contributed by atoms with Crippen LogP contribution in [-0.2, 0) is 10.2 Å². The van der Waals surface area contributed by atoms with Crippen LogP contribution in [0.5, 0.6) is 5.75 Å². The van der Waals surface area contributed by atoms with E-state index in [1.807, 2.05) is 0 Å². The Morgan fingerprint density at radius 2 is 1.19 bits per heavy atom. The highest BCUT2D eigenvalue weighted by Gasteiger charge is 2.46. The molecule has 1 saturated heterocycles. The van der Waals surface area contributed by atoms with E-state index in [-0.39, 0.29) is 6.10 Å². The Balaban J connectivity index is 1.52. The molecule has 7 rings (SSSR count). The Labute approximate surface area is 211 Å². The number of hydrogen-bond donors (Lipinski definition) is 0. The number of fused-ring (bicyclic) bond motifs is 3. The average Bonchev–Trinajstić information content (AvgIpc) is 3.74. The molecule has 0 aromatic heterocycles. The fourth-order valence-corrected chi connectivity index (χ4v) is 5.79. The van der Waals surface area contributed by atoms with Crippen LogP contribution in [0.2, 0.25) is 0 Å². The minimum Gasteiger partial charge on any atom is -0.490 e. The summed E-state index contributed by atoms with van der Waals surface area (Å²) in [6, 6.07) is 45.9. The summed E-state index contributed by atoms with van der Waals surface area (Å²) in [6.45, 7) is 1.36. The van der Waals surface area contributed by atoms with Gasteiger partial charge in [0.25, 0.3) is 0 Å². The second-order valence-corrected chi connectivity index (χ2v) is 9.55. The van der Waals surface area contributed by atoms with Crippen LogP contribution < -0.4 is 4.74 Å². The van der Waals surface area contributed by atoms with Gasteiger partial charge in [0.2, 0.25) is 0 Å². The molecule has 1 aliphatic carbocycles. The third-order valence-electron chi connectivity index (χ3n) is 7.48. The van der Waals surface area contributed by atoms with E-state index in [1.165, 1.54) is 33.4 Å². The van der Waals surface area contributed by atoms with Crippen LogP contribution in [-0.4, -0.2) is 19.3 Å². The largest absolute Gasteiger partial charge is 0.490 e. The van der Waals surface area contributed by atoms with Crippen LogP contribution >= 0.6 is 0 Å². The Morgan fingerprint density at radius 3 is 1.83 bits per heavy atom. The quantitative estimate of drug-likeness (QED) is 0.237. The first kappa shape index (κ1) is 21.2. The second kappa shape index (κ2) is 8.51. The van der Waals surface area contributed by atoms with Crippen LogP contribution in [0, 0.1) is 0 Å². The van der Waals surface area contributed by atoms with Gasteiger partial charge in [-0.1, -0.05) is 115 Å². The maximum absolute atomic E-state index is 6.29. The van der Waals surface area contributed by atoms with Gasteiger partial charge >= 0.3 is 0 Å². The standard InChI is InChI=1S/C34H26O2/c1-3-11-24(12-4-1)30-21-26(19-20-33(30)36-23-27-22-35-27)34(25-13-5-2-6-14-25)31-17-9-7-15-28(31)29-16-8-10-18-32(29)34/h1-21,27H,22-23H2. The van der Waals surface area contributed by atoms with Crippen molar-refractivity contribution in [2.75, 3.05) is 13.2 Å². The van der Waals surface area contributed by atoms with Crippen molar-refractivity contribution in [2.24, 2.45) is 0 Å². The molecule has 1 unspecified atom stereocenters. The van der Waals surface area contributed by atoms with Gasteiger partial charge in [-0.25, -0.2) is 0 Å². The molecular weight excluding hydrogens is 440 g/mol. The maximum atomic E-state index is 6.29.